The number of carbonyl (C=O) groups is 2. The number of H-pyrrole nitrogens is 1. The van der Waals surface area contributed by atoms with Gasteiger partial charge in [-0.3, -0.25) is 9.89 Å². The van der Waals surface area contributed by atoms with E-state index in [2.05, 4.69) is 10.2 Å². The lowest BCUT2D eigenvalue weighted by atomic mass is 9.99. The maximum Gasteiger partial charge on any atom is 0.329 e. The molecule has 102 valence electrons. The first kappa shape index (κ1) is 12.2. The molecule has 6 heteroatoms. The number of nitrogens with zero attached hydrogens (tertiary/aromatic N) is 2. The summed E-state index contributed by atoms with van der Waals surface area (Å²) in [7, 11) is 0. The van der Waals surface area contributed by atoms with E-state index in [1.54, 1.807) is 13.0 Å². The molecule has 1 aliphatic carbocycles. The lowest BCUT2D eigenvalue weighted by molar-refractivity contribution is -0.147. The van der Waals surface area contributed by atoms with Gasteiger partial charge in [-0.25, -0.2) is 4.79 Å². The molecule has 2 N–H and O–H groups in total. The molecular formula is C13H17N3O3. The SMILES string of the molecule is CC1(C(=O)O)CCCN1C(=O)c1cc(C2CC2)[nH]n1. The largest absolute Gasteiger partial charge is 0.480 e. The summed E-state index contributed by atoms with van der Waals surface area (Å²) in [6.45, 7) is 2.09. The molecule has 1 aliphatic heterocycles. The smallest absolute Gasteiger partial charge is 0.329 e. The third-order valence-corrected chi connectivity index (χ3v) is 4.18. The Morgan fingerprint density at radius 2 is 2.26 bits per heavy atom. The van der Waals surface area contributed by atoms with E-state index in [4.69, 9.17) is 0 Å². The summed E-state index contributed by atoms with van der Waals surface area (Å²) in [6.07, 6.45) is 3.47. The number of carboxylic acid groups (broad SMARTS) is 1. The number of nitrogens with one attached hydrogen (secondary N) is 1. The van der Waals surface area contributed by atoms with Gasteiger partial charge in [0.05, 0.1) is 0 Å². The van der Waals surface area contributed by atoms with Crippen LogP contribution >= 0.6 is 0 Å². The third-order valence-electron chi connectivity index (χ3n) is 4.18. The van der Waals surface area contributed by atoms with Crippen LogP contribution < -0.4 is 0 Å². The Morgan fingerprint density at radius 3 is 2.89 bits per heavy atom. The van der Waals surface area contributed by atoms with Crippen LogP contribution in [0.4, 0.5) is 0 Å². The minimum Gasteiger partial charge on any atom is -0.480 e. The summed E-state index contributed by atoms with van der Waals surface area (Å²) >= 11 is 0. The van der Waals surface area contributed by atoms with Gasteiger partial charge in [0.25, 0.3) is 5.91 Å². The van der Waals surface area contributed by atoms with Crippen molar-refractivity contribution in [3.05, 3.63) is 17.5 Å². The number of aromatic amines is 1. The average molecular weight is 263 g/mol. The molecular weight excluding hydrogens is 246 g/mol. The molecule has 0 radical (unpaired) electrons. The van der Waals surface area contributed by atoms with Gasteiger partial charge in [-0.1, -0.05) is 0 Å². The van der Waals surface area contributed by atoms with Gasteiger partial charge in [-0.2, -0.15) is 5.10 Å². The number of aliphatic carboxylic acids is 1. The predicted octanol–water partition coefficient (Wildman–Crippen LogP) is 1.37. The van der Waals surface area contributed by atoms with Crippen LogP contribution in [0.15, 0.2) is 6.07 Å². The zero-order valence-electron chi connectivity index (χ0n) is 10.8. The molecule has 1 atom stereocenters. The minimum absolute atomic E-state index is 0.287. The Balaban J connectivity index is 1.84. The number of hydrogen-bond donors (Lipinski definition) is 2. The Kier molecular flexibility index (Phi) is 2.62. The molecule has 1 aromatic rings. The fourth-order valence-corrected chi connectivity index (χ4v) is 2.70. The first-order chi connectivity index (χ1) is 9.02. The molecule has 2 fully saturated rings. The van der Waals surface area contributed by atoms with E-state index in [-0.39, 0.29) is 5.91 Å². The number of rotatable bonds is 3. The normalized spacial score (nSPS) is 26.7. The van der Waals surface area contributed by atoms with Crippen LogP contribution in [0.2, 0.25) is 0 Å². The first-order valence-electron chi connectivity index (χ1n) is 6.63. The van der Waals surface area contributed by atoms with Crippen molar-refractivity contribution >= 4 is 11.9 Å². The van der Waals surface area contributed by atoms with Gasteiger partial charge in [0.15, 0.2) is 0 Å². The standard InChI is InChI=1S/C13H17N3O3/c1-13(12(18)19)5-2-6-16(13)11(17)10-7-9(14-15-10)8-3-4-8/h7-8H,2-6H2,1H3,(H,14,15)(H,18,19). The molecule has 1 unspecified atom stereocenters. The van der Waals surface area contributed by atoms with E-state index in [0.29, 0.717) is 31.0 Å². The maximum atomic E-state index is 12.4. The fraction of sp³-hybridized carbons (Fsp3) is 0.615. The van der Waals surface area contributed by atoms with Gasteiger partial charge in [-0.05, 0) is 38.7 Å². The van der Waals surface area contributed by atoms with Crippen molar-refractivity contribution in [2.45, 2.75) is 44.1 Å². The molecule has 2 heterocycles. The van der Waals surface area contributed by atoms with Crippen LogP contribution in [-0.4, -0.2) is 44.2 Å². The van der Waals surface area contributed by atoms with Crippen molar-refractivity contribution in [2.75, 3.05) is 6.54 Å². The van der Waals surface area contributed by atoms with Gasteiger partial charge >= 0.3 is 5.97 Å². The van der Waals surface area contributed by atoms with Crippen molar-refractivity contribution < 1.29 is 14.7 Å². The summed E-state index contributed by atoms with van der Waals surface area (Å²) < 4.78 is 0. The second-order valence-corrected chi connectivity index (χ2v) is 5.62. The quantitative estimate of drug-likeness (QED) is 0.862. The molecule has 1 amide bonds. The summed E-state index contributed by atoms with van der Waals surface area (Å²) in [5.74, 6) is -0.736. The maximum absolute atomic E-state index is 12.4. The van der Waals surface area contributed by atoms with Crippen LogP contribution in [-0.2, 0) is 4.79 Å². The Labute approximate surface area is 110 Å². The van der Waals surface area contributed by atoms with Crippen LogP contribution in [0.3, 0.4) is 0 Å². The molecule has 0 bridgehead atoms. The van der Waals surface area contributed by atoms with E-state index < -0.39 is 11.5 Å². The topological polar surface area (TPSA) is 86.3 Å². The molecule has 2 aliphatic rings. The zero-order chi connectivity index (χ0) is 13.6. The van der Waals surface area contributed by atoms with Gasteiger partial charge in [-0.15, -0.1) is 0 Å². The van der Waals surface area contributed by atoms with Crippen LogP contribution in [0.1, 0.15) is 54.7 Å². The number of hydrogen-bond acceptors (Lipinski definition) is 3. The van der Waals surface area contributed by atoms with Crippen molar-refractivity contribution in [2.24, 2.45) is 0 Å². The summed E-state index contributed by atoms with van der Waals surface area (Å²) in [5, 5.41) is 16.2. The first-order valence-corrected chi connectivity index (χ1v) is 6.63. The third kappa shape index (κ3) is 1.91. The lowest BCUT2D eigenvalue weighted by Crippen LogP contribution is -2.50. The van der Waals surface area contributed by atoms with Crippen molar-refractivity contribution in [3.63, 3.8) is 0 Å². The highest BCUT2D eigenvalue weighted by Gasteiger charge is 2.46. The average Bonchev–Trinajstić information content (AvgIpc) is 2.97. The number of aromatic nitrogens is 2. The van der Waals surface area contributed by atoms with Crippen molar-refractivity contribution in [1.29, 1.82) is 0 Å². The van der Waals surface area contributed by atoms with Crippen LogP contribution in [0.5, 0.6) is 0 Å². The lowest BCUT2D eigenvalue weighted by Gasteiger charge is -2.30. The molecule has 1 saturated carbocycles. The Bertz CT molecular complexity index is 535. The second kappa shape index (κ2) is 4.08. The van der Waals surface area contributed by atoms with E-state index >= 15 is 0 Å². The molecule has 6 nitrogen and oxygen atoms in total. The van der Waals surface area contributed by atoms with Gasteiger partial charge in [0.2, 0.25) is 0 Å². The second-order valence-electron chi connectivity index (χ2n) is 5.62. The molecule has 0 aromatic carbocycles. The predicted molar refractivity (Wildman–Crippen MR) is 66.9 cm³/mol. The van der Waals surface area contributed by atoms with E-state index in [1.165, 1.54) is 4.90 Å². The molecule has 1 saturated heterocycles. The summed E-state index contributed by atoms with van der Waals surface area (Å²) in [5.41, 5.74) is 0.214. The Morgan fingerprint density at radius 1 is 1.53 bits per heavy atom. The van der Waals surface area contributed by atoms with Crippen LogP contribution in [0, 0.1) is 0 Å². The van der Waals surface area contributed by atoms with E-state index in [0.717, 1.165) is 18.5 Å². The summed E-state index contributed by atoms with van der Waals surface area (Å²) in [6, 6.07) is 1.76. The van der Waals surface area contributed by atoms with Gasteiger partial charge in [0.1, 0.15) is 11.2 Å². The number of carboxylic acids is 1. The zero-order valence-corrected chi connectivity index (χ0v) is 10.8. The van der Waals surface area contributed by atoms with Gasteiger partial charge in [0, 0.05) is 18.2 Å². The highest BCUT2D eigenvalue weighted by atomic mass is 16.4. The number of amides is 1. The molecule has 3 rings (SSSR count). The highest BCUT2D eigenvalue weighted by Crippen LogP contribution is 2.39. The fourth-order valence-electron chi connectivity index (χ4n) is 2.70. The van der Waals surface area contributed by atoms with Crippen LogP contribution in [0.25, 0.3) is 0 Å². The van der Waals surface area contributed by atoms with Gasteiger partial charge < -0.3 is 10.0 Å². The molecule has 0 spiro atoms. The van der Waals surface area contributed by atoms with Crippen molar-refractivity contribution in [3.8, 4) is 0 Å². The Hall–Kier alpha value is -1.85. The van der Waals surface area contributed by atoms with Crippen molar-refractivity contribution in [1.82, 2.24) is 15.1 Å². The highest BCUT2D eigenvalue weighted by molar-refractivity contribution is 5.96. The number of likely N-dealkylation sites (tertiary alicyclic amines) is 1. The van der Waals surface area contributed by atoms with E-state index in [9.17, 15) is 14.7 Å². The minimum atomic E-state index is -1.10. The van der Waals surface area contributed by atoms with E-state index in [1.807, 2.05) is 0 Å². The summed E-state index contributed by atoms with van der Waals surface area (Å²) in [4.78, 5) is 25.2. The monoisotopic (exact) mass is 263 g/mol. The molecule has 1 aromatic heterocycles. The number of carbonyl (C=O) groups excluding carboxylic acids is 1. The molecule has 19 heavy (non-hydrogen) atoms.